The van der Waals surface area contributed by atoms with Crippen LogP contribution in [0.5, 0.6) is 0 Å². The van der Waals surface area contributed by atoms with Gasteiger partial charge in [0.1, 0.15) is 0 Å². The Morgan fingerprint density at radius 2 is 1.71 bits per heavy atom. The van der Waals surface area contributed by atoms with Gasteiger partial charge in [0.2, 0.25) is 5.91 Å². The van der Waals surface area contributed by atoms with E-state index in [0.717, 1.165) is 0 Å². The number of hydrogen-bond donors (Lipinski definition) is 2. The summed E-state index contributed by atoms with van der Waals surface area (Å²) >= 11 is 0. The summed E-state index contributed by atoms with van der Waals surface area (Å²) in [6.45, 7) is 1.36. The lowest BCUT2D eigenvalue weighted by atomic mass is 9.94. The van der Waals surface area contributed by atoms with Gasteiger partial charge in [-0.15, -0.1) is 0 Å². The van der Waals surface area contributed by atoms with Gasteiger partial charge in [0, 0.05) is 18.7 Å². The van der Waals surface area contributed by atoms with Gasteiger partial charge in [-0.05, 0) is 23.8 Å². The summed E-state index contributed by atoms with van der Waals surface area (Å²) in [5, 5.41) is 16.0. The van der Waals surface area contributed by atoms with Crippen LogP contribution in [-0.4, -0.2) is 22.6 Å². The summed E-state index contributed by atoms with van der Waals surface area (Å²) in [6, 6.07) is 8.69. The quantitative estimate of drug-likeness (QED) is 0.509. The summed E-state index contributed by atoms with van der Waals surface area (Å²) in [5.74, 6) is -1.50. The number of hydrogen-bond acceptors (Lipinski definition) is 5. The number of nitro groups is 1. The zero-order valence-corrected chi connectivity index (χ0v) is 12.5. The minimum Gasteiger partial charge on any atom is -0.326 e. The summed E-state index contributed by atoms with van der Waals surface area (Å²) in [4.78, 5) is 45.6. The Kier molecular flexibility index (Phi) is 3.57. The lowest BCUT2D eigenvalue weighted by molar-refractivity contribution is -0.384. The lowest BCUT2D eigenvalue weighted by Gasteiger charge is -2.09. The molecule has 1 aliphatic heterocycles. The number of nitrogens with zero attached hydrogens (tertiary/aromatic N) is 1. The van der Waals surface area contributed by atoms with E-state index in [-0.39, 0.29) is 28.3 Å². The van der Waals surface area contributed by atoms with Crippen LogP contribution in [0.4, 0.5) is 11.4 Å². The average molecular weight is 325 g/mol. The van der Waals surface area contributed by atoms with Crippen molar-refractivity contribution in [2.45, 2.75) is 6.92 Å². The fraction of sp³-hybridized carbons (Fsp3) is 0.0625. The minimum absolute atomic E-state index is 0.0125. The van der Waals surface area contributed by atoms with E-state index in [1.54, 1.807) is 24.3 Å². The Labute approximate surface area is 135 Å². The molecule has 0 atom stereocenters. The molecule has 3 rings (SSSR count). The molecule has 0 saturated carbocycles. The van der Waals surface area contributed by atoms with Gasteiger partial charge >= 0.3 is 0 Å². The van der Waals surface area contributed by atoms with Crippen molar-refractivity contribution in [1.82, 2.24) is 5.32 Å². The molecule has 0 aromatic heterocycles. The number of benzene rings is 2. The van der Waals surface area contributed by atoms with E-state index < -0.39 is 16.7 Å². The van der Waals surface area contributed by atoms with E-state index in [0.29, 0.717) is 11.3 Å². The van der Waals surface area contributed by atoms with Crippen LogP contribution in [-0.2, 0) is 4.79 Å². The first-order valence-corrected chi connectivity index (χ1v) is 6.93. The van der Waals surface area contributed by atoms with Crippen LogP contribution in [0.15, 0.2) is 36.4 Å². The standard InChI is InChI=1S/C16H11N3O5/c1-8(20)17-10-4-2-9(3-5-10)13-12(19(23)24)7-6-11-14(13)16(22)18-15(11)21/h2-7H,1H3,(H,17,20)(H,18,21,22). The topological polar surface area (TPSA) is 118 Å². The molecule has 0 fully saturated rings. The van der Waals surface area contributed by atoms with Crippen LogP contribution >= 0.6 is 0 Å². The highest BCUT2D eigenvalue weighted by Crippen LogP contribution is 2.37. The maximum Gasteiger partial charge on any atom is 0.278 e. The molecule has 0 aliphatic carbocycles. The molecule has 3 amide bonds. The van der Waals surface area contributed by atoms with Crippen LogP contribution in [0.1, 0.15) is 27.6 Å². The normalized spacial score (nSPS) is 12.5. The molecule has 2 aromatic carbocycles. The SMILES string of the molecule is CC(=O)Nc1ccc(-c2c([N+](=O)[O-])ccc3c2C(=O)NC3=O)cc1. The third kappa shape index (κ3) is 2.50. The van der Waals surface area contributed by atoms with E-state index in [1.807, 2.05) is 0 Å². The van der Waals surface area contributed by atoms with E-state index >= 15 is 0 Å². The molecule has 0 spiro atoms. The third-order valence-corrected chi connectivity index (χ3v) is 3.57. The molecule has 1 heterocycles. The smallest absolute Gasteiger partial charge is 0.278 e. The Balaban J connectivity index is 2.19. The zero-order valence-electron chi connectivity index (χ0n) is 12.5. The fourth-order valence-corrected chi connectivity index (χ4v) is 2.62. The second kappa shape index (κ2) is 5.58. The number of anilines is 1. The van der Waals surface area contributed by atoms with E-state index in [2.05, 4.69) is 10.6 Å². The zero-order chi connectivity index (χ0) is 17.4. The summed E-state index contributed by atoms with van der Waals surface area (Å²) in [6.07, 6.45) is 0. The van der Waals surface area contributed by atoms with E-state index in [4.69, 9.17) is 0 Å². The highest BCUT2D eigenvalue weighted by molar-refractivity contribution is 6.24. The molecule has 0 saturated heterocycles. The molecular formula is C16H11N3O5. The van der Waals surface area contributed by atoms with Gasteiger partial charge in [0.05, 0.1) is 21.6 Å². The van der Waals surface area contributed by atoms with Crippen molar-refractivity contribution >= 4 is 29.1 Å². The number of amides is 3. The predicted molar refractivity (Wildman–Crippen MR) is 84.6 cm³/mol. The highest BCUT2D eigenvalue weighted by Gasteiger charge is 2.34. The third-order valence-electron chi connectivity index (χ3n) is 3.57. The largest absolute Gasteiger partial charge is 0.326 e. The van der Waals surface area contributed by atoms with Crippen molar-refractivity contribution in [3.63, 3.8) is 0 Å². The Morgan fingerprint density at radius 3 is 2.29 bits per heavy atom. The number of carbonyl (C=O) groups is 3. The van der Waals surface area contributed by atoms with Gasteiger partial charge < -0.3 is 5.32 Å². The number of carbonyl (C=O) groups excluding carboxylic acids is 3. The minimum atomic E-state index is -0.667. The van der Waals surface area contributed by atoms with Crippen LogP contribution < -0.4 is 10.6 Å². The lowest BCUT2D eigenvalue weighted by Crippen LogP contribution is -2.20. The second-order valence-electron chi connectivity index (χ2n) is 5.18. The molecule has 8 heteroatoms. The second-order valence-corrected chi connectivity index (χ2v) is 5.18. The van der Waals surface area contributed by atoms with Crippen molar-refractivity contribution in [2.24, 2.45) is 0 Å². The van der Waals surface area contributed by atoms with E-state index in [9.17, 15) is 24.5 Å². The molecule has 2 N–H and O–H groups in total. The summed E-state index contributed by atoms with van der Waals surface area (Å²) in [7, 11) is 0. The predicted octanol–water partition coefficient (Wildman–Crippen LogP) is 2.10. The first kappa shape index (κ1) is 15.3. The number of rotatable bonds is 3. The summed E-state index contributed by atoms with van der Waals surface area (Å²) < 4.78 is 0. The number of nitro benzene ring substituents is 1. The molecule has 0 unspecified atom stereocenters. The molecular weight excluding hydrogens is 314 g/mol. The highest BCUT2D eigenvalue weighted by atomic mass is 16.6. The van der Waals surface area contributed by atoms with Crippen molar-refractivity contribution in [1.29, 1.82) is 0 Å². The van der Waals surface area contributed by atoms with Gasteiger partial charge in [0.25, 0.3) is 17.5 Å². The molecule has 120 valence electrons. The van der Waals surface area contributed by atoms with Gasteiger partial charge in [-0.2, -0.15) is 0 Å². The van der Waals surface area contributed by atoms with E-state index in [1.165, 1.54) is 19.1 Å². The van der Waals surface area contributed by atoms with Gasteiger partial charge in [-0.1, -0.05) is 12.1 Å². The van der Waals surface area contributed by atoms with Crippen LogP contribution in [0.25, 0.3) is 11.1 Å². The maximum atomic E-state index is 12.0. The molecule has 0 radical (unpaired) electrons. The van der Waals surface area contributed by atoms with Crippen LogP contribution in [0, 0.1) is 10.1 Å². The van der Waals surface area contributed by atoms with Gasteiger partial charge in [-0.25, -0.2) is 0 Å². The van der Waals surface area contributed by atoms with Gasteiger partial charge in [-0.3, -0.25) is 29.8 Å². The molecule has 0 bridgehead atoms. The van der Waals surface area contributed by atoms with Crippen molar-refractivity contribution in [3.05, 3.63) is 57.6 Å². The Hall–Kier alpha value is -3.55. The number of nitrogens with one attached hydrogen (secondary N) is 2. The van der Waals surface area contributed by atoms with Gasteiger partial charge in [0.15, 0.2) is 0 Å². The van der Waals surface area contributed by atoms with Crippen LogP contribution in [0.2, 0.25) is 0 Å². The van der Waals surface area contributed by atoms with Crippen LogP contribution in [0.3, 0.4) is 0 Å². The number of fused-ring (bicyclic) bond motifs is 1. The molecule has 8 nitrogen and oxygen atoms in total. The Bertz CT molecular complexity index is 903. The first-order valence-electron chi connectivity index (χ1n) is 6.93. The molecule has 2 aromatic rings. The monoisotopic (exact) mass is 325 g/mol. The molecule has 1 aliphatic rings. The maximum absolute atomic E-state index is 12.0. The fourth-order valence-electron chi connectivity index (χ4n) is 2.62. The van der Waals surface area contributed by atoms with Crippen molar-refractivity contribution < 1.29 is 19.3 Å². The number of imide groups is 1. The average Bonchev–Trinajstić information content (AvgIpc) is 2.81. The van der Waals surface area contributed by atoms with Crippen molar-refractivity contribution in [2.75, 3.05) is 5.32 Å². The summed E-state index contributed by atoms with van der Waals surface area (Å²) in [5.41, 5.74) is 0.814. The Morgan fingerprint density at radius 1 is 1.04 bits per heavy atom. The van der Waals surface area contributed by atoms with Crippen molar-refractivity contribution in [3.8, 4) is 11.1 Å². The molecule has 24 heavy (non-hydrogen) atoms. The first-order chi connectivity index (χ1) is 11.4.